The molecule has 2 aromatic rings. The monoisotopic (exact) mass is 398 g/mol. The number of rotatable bonds is 6. The Bertz CT molecular complexity index is 954. The van der Waals surface area contributed by atoms with Crippen LogP contribution in [0.25, 0.3) is 0 Å². The highest BCUT2D eigenvalue weighted by Crippen LogP contribution is 2.29. The Morgan fingerprint density at radius 3 is 2.44 bits per heavy atom. The van der Waals surface area contributed by atoms with Crippen LogP contribution in [0, 0.1) is 0 Å². The minimum atomic E-state index is -4.48. The summed E-state index contributed by atoms with van der Waals surface area (Å²) in [6.07, 6.45) is -3.15. The van der Waals surface area contributed by atoms with Gasteiger partial charge in [-0.2, -0.15) is 13.2 Å². The lowest BCUT2D eigenvalue weighted by Gasteiger charge is -2.10. The van der Waals surface area contributed by atoms with Crippen LogP contribution in [0.3, 0.4) is 0 Å². The summed E-state index contributed by atoms with van der Waals surface area (Å²) in [4.78, 5) is 12.2. The first-order chi connectivity index (χ1) is 12.6. The molecule has 3 rings (SSSR count). The number of anilines is 1. The van der Waals surface area contributed by atoms with E-state index in [-0.39, 0.29) is 28.6 Å². The first-order valence-electron chi connectivity index (χ1n) is 8.22. The van der Waals surface area contributed by atoms with Gasteiger partial charge in [0.2, 0.25) is 15.9 Å². The Hall–Kier alpha value is -2.39. The number of hydrogen-bond donors (Lipinski definition) is 2. The van der Waals surface area contributed by atoms with Crippen LogP contribution >= 0.6 is 0 Å². The van der Waals surface area contributed by atoms with Crippen LogP contribution in [-0.2, 0) is 27.4 Å². The molecule has 0 saturated heterocycles. The van der Waals surface area contributed by atoms with E-state index in [9.17, 15) is 26.4 Å². The predicted octanol–water partition coefficient (Wildman–Crippen LogP) is 3.33. The number of halogens is 3. The molecule has 144 valence electrons. The first kappa shape index (κ1) is 19.4. The van der Waals surface area contributed by atoms with Gasteiger partial charge in [-0.1, -0.05) is 24.3 Å². The van der Waals surface area contributed by atoms with Crippen molar-refractivity contribution in [3.05, 3.63) is 59.7 Å². The fourth-order valence-corrected chi connectivity index (χ4v) is 3.83. The van der Waals surface area contributed by atoms with Crippen LogP contribution in [0.5, 0.6) is 0 Å². The number of hydrogen-bond acceptors (Lipinski definition) is 3. The maximum atomic E-state index is 12.7. The molecule has 1 fully saturated rings. The van der Waals surface area contributed by atoms with Crippen LogP contribution in [0.4, 0.5) is 18.9 Å². The number of nitrogens with one attached hydrogen (secondary N) is 2. The Morgan fingerprint density at radius 2 is 1.78 bits per heavy atom. The summed E-state index contributed by atoms with van der Waals surface area (Å²) in [6.45, 7) is 0. The van der Waals surface area contributed by atoms with E-state index in [1.807, 2.05) is 0 Å². The van der Waals surface area contributed by atoms with Gasteiger partial charge in [-0.05, 0) is 42.7 Å². The summed E-state index contributed by atoms with van der Waals surface area (Å²) in [5.74, 6) is -0.543. The topological polar surface area (TPSA) is 75.3 Å². The third-order valence-corrected chi connectivity index (χ3v) is 5.46. The minimum Gasteiger partial charge on any atom is -0.326 e. The van der Waals surface area contributed by atoms with Crippen molar-refractivity contribution in [2.45, 2.75) is 36.4 Å². The molecule has 0 aliphatic heterocycles. The molecule has 2 N–H and O–H groups in total. The molecule has 1 amide bonds. The molecule has 0 atom stereocenters. The van der Waals surface area contributed by atoms with Crippen LogP contribution in [0.2, 0.25) is 0 Å². The summed E-state index contributed by atoms with van der Waals surface area (Å²) >= 11 is 0. The molecular weight excluding hydrogens is 381 g/mol. The average Bonchev–Trinajstić information content (AvgIpc) is 3.38. The lowest BCUT2D eigenvalue weighted by molar-refractivity contribution is -0.137. The lowest BCUT2D eigenvalue weighted by Crippen LogP contribution is -2.25. The van der Waals surface area contributed by atoms with Crippen molar-refractivity contribution in [2.24, 2.45) is 0 Å². The van der Waals surface area contributed by atoms with Crippen molar-refractivity contribution in [1.82, 2.24) is 4.72 Å². The lowest BCUT2D eigenvalue weighted by atomic mass is 10.1. The maximum Gasteiger partial charge on any atom is 0.416 e. The second kappa shape index (κ2) is 7.32. The maximum absolute atomic E-state index is 12.7. The van der Waals surface area contributed by atoms with Gasteiger partial charge in [-0.25, -0.2) is 13.1 Å². The summed E-state index contributed by atoms with van der Waals surface area (Å²) < 4.78 is 65.2. The van der Waals surface area contributed by atoms with E-state index in [0.29, 0.717) is 0 Å². The van der Waals surface area contributed by atoms with E-state index in [1.165, 1.54) is 36.4 Å². The van der Waals surface area contributed by atoms with Crippen molar-refractivity contribution in [1.29, 1.82) is 0 Å². The molecule has 1 saturated carbocycles. The zero-order valence-corrected chi connectivity index (χ0v) is 14.9. The van der Waals surface area contributed by atoms with Crippen molar-refractivity contribution >= 4 is 21.6 Å². The van der Waals surface area contributed by atoms with E-state index in [1.54, 1.807) is 0 Å². The third kappa shape index (κ3) is 5.30. The molecule has 0 unspecified atom stereocenters. The molecule has 0 radical (unpaired) electrons. The molecule has 0 aromatic heterocycles. The van der Waals surface area contributed by atoms with Crippen LogP contribution < -0.4 is 10.0 Å². The average molecular weight is 398 g/mol. The van der Waals surface area contributed by atoms with E-state index in [0.717, 1.165) is 25.0 Å². The largest absolute Gasteiger partial charge is 0.416 e. The SMILES string of the molecule is O=C(Cc1cccc(C(F)(F)F)c1)Nc1cccc(S(=O)(=O)NC2CC2)c1. The molecule has 9 heteroatoms. The van der Waals surface area contributed by atoms with Gasteiger partial charge < -0.3 is 5.32 Å². The molecule has 0 heterocycles. The van der Waals surface area contributed by atoms with Crippen molar-refractivity contribution in [3.8, 4) is 0 Å². The molecule has 2 aromatic carbocycles. The molecule has 5 nitrogen and oxygen atoms in total. The highest BCUT2D eigenvalue weighted by atomic mass is 32.2. The smallest absolute Gasteiger partial charge is 0.326 e. The van der Waals surface area contributed by atoms with Crippen LogP contribution in [0.15, 0.2) is 53.4 Å². The van der Waals surface area contributed by atoms with Crippen molar-refractivity contribution in [2.75, 3.05) is 5.32 Å². The van der Waals surface area contributed by atoms with E-state index >= 15 is 0 Å². The third-order valence-electron chi connectivity index (χ3n) is 3.95. The molecular formula is C18H17F3N2O3S. The number of benzene rings is 2. The Labute approximate surface area is 154 Å². The van der Waals surface area contributed by atoms with Crippen molar-refractivity contribution < 1.29 is 26.4 Å². The highest BCUT2D eigenvalue weighted by molar-refractivity contribution is 7.89. The molecule has 1 aliphatic rings. The van der Waals surface area contributed by atoms with Gasteiger partial charge in [0.1, 0.15) is 0 Å². The zero-order chi connectivity index (χ0) is 19.7. The normalized spacial score (nSPS) is 14.8. The summed E-state index contributed by atoms with van der Waals surface area (Å²) in [5.41, 5.74) is -0.362. The Kier molecular flexibility index (Phi) is 5.25. The van der Waals surface area contributed by atoms with E-state index < -0.39 is 27.7 Å². The Morgan fingerprint density at radius 1 is 1.07 bits per heavy atom. The standard InChI is InChI=1S/C18H17F3N2O3S/c19-18(20,21)13-4-1-3-12(9-13)10-17(24)22-15-5-2-6-16(11-15)27(25,26)23-14-7-8-14/h1-6,9,11,14,23H,7-8,10H2,(H,22,24). The van der Waals surface area contributed by atoms with Gasteiger partial charge in [0, 0.05) is 11.7 Å². The molecule has 0 bridgehead atoms. The van der Waals surface area contributed by atoms with Gasteiger partial charge in [-0.3, -0.25) is 4.79 Å². The van der Waals surface area contributed by atoms with E-state index in [4.69, 9.17) is 0 Å². The predicted molar refractivity (Wildman–Crippen MR) is 93.6 cm³/mol. The van der Waals surface area contributed by atoms with E-state index in [2.05, 4.69) is 10.0 Å². The zero-order valence-electron chi connectivity index (χ0n) is 14.1. The fraction of sp³-hybridized carbons (Fsp3) is 0.278. The number of carbonyl (C=O) groups is 1. The number of sulfonamides is 1. The first-order valence-corrected chi connectivity index (χ1v) is 9.70. The van der Waals surface area contributed by atoms with Crippen molar-refractivity contribution in [3.63, 3.8) is 0 Å². The van der Waals surface area contributed by atoms with Crippen LogP contribution in [0.1, 0.15) is 24.0 Å². The quantitative estimate of drug-likeness (QED) is 0.784. The van der Waals surface area contributed by atoms with Gasteiger partial charge in [0.05, 0.1) is 16.9 Å². The van der Waals surface area contributed by atoms with Gasteiger partial charge in [-0.15, -0.1) is 0 Å². The van der Waals surface area contributed by atoms with Gasteiger partial charge in [0.15, 0.2) is 0 Å². The Balaban J connectivity index is 1.69. The fourth-order valence-electron chi connectivity index (χ4n) is 2.48. The highest BCUT2D eigenvalue weighted by Gasteiger charge is 2.30. The van der Waals surface area contributed by atoms with Gasteiger partial charge in [0.25, 0.3) is 0 Å². The molecule has 0 spiro atoms. The number of amides is 1. The van der Waals surface area contributed by atoms with Gasteiger partial charge >= 0.3 is 6.18 Å². The van der Waals surface area contributed by atoms with Crippen LogP contribution in [-0.4, -0.2) is 20.4 Å². The minimum absolute atomic E-state index is 0.0197. The second-order valence-electron chi connectivity index (χ2n) is 6.35. The molecule has 27 heavy (non-hydrogen) atoms. The number of alkyl halides is 3. The number of carbonyl (C=O) groups excluding carboxylic acids is 1. The second-order valence-corrected chi connectivity index (χ2v) is 8.06. The summed E-state index contributed by atoms with van der Waals surface area (Å²) in [7, 11) is -3.66. The summed E-state index contributed by atoms with van der Waals surface area (Å²) in [6, 6.07) is 10.2. The summed E-state index contributed by atoms with van der Waals surface area (Å²) in [5, 5.41) is 2.52. The molecule has 1 aliphatic carbocycles.